The van der Waals surface area contributed by atoms with E-state index in [1.54, 1.807) is 24.7 Å². The van der Waals surface area contributed by atoms with Gasteiger partial charge in [0, 0.05) is 12.1 Å². The summed E-state index contributed by atoms with van der Waals surface area (Å²) in [6, 6.07) is 13.7. The first kappa shape index (κ1) is 16.9. The van der Waals surface area contributed by atoms with Gasteiger partial charge in [-0.15, -0.1) is 0 Å². The summed E-state index contributed by atoms with van der Waals surface area (Å²) >= 11 is 1.65. The second-order valence-corrected chi connectivity index (χ2v) is 7.43. The summed E-state index contributed by atoms with van der Waals surface area (Å²) in [6.07, 6.45) is 3.35. The number of thiophene rings is 1. The lowest BCUT2D eigenvalue weighted by molar-refractivity contribution is -0.135. The number of furan rings is 1. The van der Waals surface area contributed by atoms with Gasteiger partial charge in [0.05, 0.1) is 25.3 Å². The van der Waals surface area contributed by atoms with Gasteiger partial charge in [0.1, 0.15) is 11.5 Å². The van der Waals surface area contributed by atoms with Crippen LogP contribution in [0.2, 0.25) is 0 Å². The molecule has 1 amide bonds. The standard InChI is InChI=1S/C21H21NO3S/c1-24-19-7-3-2-6-18(19)21(9-10-21)20(23)22(13-16-8-12-26-15-16)14-17-5-4-11-25-17/h2-8,11-12,15H,9-10,13-14H2,1H3. The Labute approximate surface area is 157 Å². The Balaban J connectivity index is 1.65. The van der Waals surface area contributed by atoms with Crippen molar-refractivity contribution < 1.29 is 13.9 Å². The molecule has 2 heterocycles. The molecular formula is C21H21NO3S. The zero-order valence-electron chi connectivity index (χ0n) is 14.7. The van der Waals surface area contributed by atoms with Crippen molar-refractivity contribution in [3.63, 3.8) is 0 Å². The van der Waals surface area contributed by atoms with Crippen LogP contribution in [0.5, 0.6) is 5.75 Å². The summed E-state index contributed by atoms with van der Waals surface area (Å²) in [4.78, 5) is 15.5. The molecule has 0 bridgehead atoms. The number of hydrogen-bond acceptors (Lipinski definition) is 4. The molecule has 26 heavy (non-hydrogen) atoms. The van der Waals surface area contributed by atoms with Gasteiger partial charge in [0.15, 0.2) is 0 Å². The van der Waals surface area contributed by atoms with Crippen LogP contribution < -0.4 is 4.74 Å². The number of rotatable bonds is 7. The molecule has 3 aromatic rings. The number of hydrogen-bond donors (Lipinski definition) is 0. The summed E-state index contributed by atoms with van der Waals surface area (Å²) in [5, 5.41) is 4.13. The fourth-order valence-corrected chi connectivity index (χ4v) is 4.12. The molecule has 0 aliphatic heterocycles. The fraction of sp³-hybridized carbons (Fsp3) is 0.286. The van der Waals surface area contributed by atoms with Gasteiger partial charge >= 0.3 is 0 Å². The van der Waals surface area contributed by atoms with Gasteiger partial charge in [-0.1, -0.05) is 18.2 Å². The first-order chi connectivity index (χ1) is 12.7. The van der Waals surface area contributed by atoms with Crippen LogP contribution in [0.25, 0.3) is 0 Å². The minimum Gasteiger partial charge on any atom is -0.496 e. The maximum Gasteiger partial charge on any atom is 0.234 e. The fourth-order valence-electron chi connectivity index (χ4n) is 3.46. The van der Waals surface area contributed by atoms with Gasteiger partial charge in [0.25, 0.3) is 0 Å². The lowest BCUT2D eigenvalue weighted by Crippen LogP contribution is -2.38. The molecule has 5 heteroatoms. The van der Waals surface area contributed by atoms with Gasteiger partial charge in [-0.2, -0.15) is 11.3 Å². The van der Waals surface area contributed by atoms with Crippen molar-refractivity contribution in [3.8, 4) is 5.75 Å². The molecule has 0 unspecified atom stereocenters. The number of ether oxygens (including phenoxy) is 1. The molecule has 1 fully saturated rings. The number of para-hydroxylation sites is 1. The molecule has 1 aliphatic carbocycles. The lowest BCUT2D eigenvalue weighted by atomic mass is 9.93. The van der Waals surface area contributed by atoms with Gasteiger partial charge < -0.3 is 14.1 Å². The third-order valence-corrected chi connectivity index (χ3v) is 5.68. The van der Waals surface area contributed by atoms with E-state index >= 15 is 0 Å². The number of methoxy groups -OCH3 is 1. The van der Waals surface area contributed by atoms with E-state index < -0.39 is 5.41 Å². The number of nitrogens with zero attached hydrogens (tertiary/aromatic N) is 1. The van der Waals surface area contributed by atoms with E-state index in [9.17, 15) is 4.79 Å². The predicted octanol–water partition coefficient (Wildman–Crippen LogP) is 4.61. The minimum absolute atomic E-state index is 0.143. The van der Waals surface area contributed by atoms with Crippen LogP contribution in [-0.4, -0.2) is 17.9 Å². The van der Waals surface area contributed by atoms with Crippen molar-refractivity contribution in [3.05, 3.63) is 76.4 Å². The summed E-state index contributed by atoms with van der Waals surface area (Å²) in [6.45, 7) is 1.05. The zero-order chi connectivity index (χ0) is 18.0. The highest BCUT2D eigenvalue weighted by atomic mass is 32.1. The van der Waals surface area contributed by atoms with Gasteiger partial charge in [-0.25, -0.2) is 0 Å². The molecule has 1 aliphatic rings. The Hall–Kier alpha value is -2.53. The highest BCUT2D eigenvalue weighted by Crippen LogP contribution is 2.52. The largest absolute Gasteiger partial charge is 0.496 e. The van der Waals surface area contributed by atoms with Crippen molar-refractivity contribution >= 4 is 17.2 Å². The Bertz CT molecular complexity index is 830. The van der Waals surface area contributed by atoms with Crippen LogP contribution in [0.1, 0.15) is 29.7 Å². The summed E-state index contributed by atoms with van der Waals surface area (Å²) in [5.74, 6) is 1.72. The first-order valence-corrected chi connectivity index (χ1v) is 9.63. The monoisotopic (exact) mass is 367 g/mol. The van der Waals surface area contributed by atoms with E-state index in [0.717, 1.165) is 35.5 Å². The van der Waals surface area contributed by atoms with Crippen LogP contribution in [0.3, 0.4) is 0 Å². The normalized spacial score (nSPS) is 14.8. The number of carbonyl (C=O) groups excluding carboxylic acids is 1. The van der Waals surface area contributed by atoms with Crippen LogP contribution in [-0.2, 0) is 23.3 Å². The first-order valence-electron chi connectivity index (χ1n) is 8.69. The summed E-state index contributed by atoms with van der Waals surface area (Å²) in [5.41, 5.74) is 1.66. The number of benzene rings is 1. The molecule has 0 radical (unpaired) electrons. The Kier molecular flexibility index (Phi) is 4.55. The molecule has 0 N–H and O–H groups in total. The van der Waals surface area contributed by atoms with E-state index in [4.69, 9.17) is 9.15 Å². The van der Waals surface area contributed by atoms with Crippen LogP contribution in [0.4, 0.5) is 0 Å². The second kappa shape index (κ2) is 7.00. The third kappa shape index (κ3) is 3.15. The van der Waals surface area contributed by atoms with Crippen LogP contribution in [0.15, 0.2) is 63.9 Å². The highest BCUT2D eigenvalue weighted by molar-refractivity contribution is 7.07. The SMILES string of the molecule is COc1ccccc1C1(C(=O)N(Cc2ccsc2)Cc2ccco2)CC1. The van der Waals surface area contributed by atoms with Crippen molar-refractivity contribution in [2.24, 2.45) is 0 Å². The Morgan fingerprint density at radius 1 is 1.19 bits per heavy atom. The summed E-state index contributed by atoms with van der Waals surface area (Å²) < 4.78 is 11.0. The minimum atomic E-state index is -0.477. The number of amides is 1. The molecule has 0 atom stereocenters. The molecule has 2 aromatic heterocycles. The second-order valence-electron chi connectivity index (χ2n) is 6.65. The average Bonchev–Trinajstić information content (AvgIpc) is 3.05. The van der Waals surface area contributed by atoms with Crippen molar-refractivity contribution in [1.82, 2.24) is 4.90 Å². The van der Waals surface area contributed by atoms with E-state index in [1.165, 1.54) is 0 Å². The zero-order valence-corrected chi connectivity index (χ0v) is 15.5. The maximum absolute atomic E-state index is 13.6. The van der Waals surface area contributed by atoms with Gasteiger partial charge in [-0.05, 0) is 53.4 Å². The highest BCUT2D eigenvalue weighted by Gasteiger charge is 2.54. The lowest BCUT2D eigenvalue weighted by Gasteiger charge is -2.27. The molecule has 1 saturated carbocycles. The van der Waals surface area contributed by atoms with Crippen molar-refractivity contribution in [2.75, 3.05) is 7.11 Å². The molecule has 1 aromatic carbocycles. The Morgan fingerprint density at radius 3 is 2.69 bits per heavy atom. The van der Waals surface area contributed by atoms with E-state index in [1.807, 2.05) is 46.7 Å². The number of carbonyl (C=O) groups is 1. The van der Waals surface area contributed by atoms with E-state index in [-0.39, 0.29) is 5.91 Å². The van der Waals surface area contributed by atoms with E-state index in [2.05, 4.69) is 11.4 Å². The molecule has 4 rings (SSSR count). The van der Waals surface area contributed by atoms with Crippen molar-refractivity contribution in [2.45, 2.75) is 31.3 Å². The van der Waals surface area contributed by atoms with Gasteiger partial charge in [-0.3, -0.25) is 4.79 Å². The molecular weight excluding hydrogens is 346 g/mol. The van der Waals surface area contributed by atoms with Crippen molar-refractivity contribution in [1.29, 1.82) is 0 Å². The predicted molar refractivity (Wildman–Crippen MR) is 101 cm³/mol. The van der Waals surface area contributed by atoms with Gasteiger partial charge in [0.2, 0.25) is 5.91 Å². The smallest absolute Gasteiger partial charge is 0.234 e. The molecule has 0 saturated heterocycles. The molecule has 0 spiro atoms. The molecule has 134 valence electrons. The summed E-state index contributed by atoms with van der Waals surface area (Å²) in [7, 11) is 1.66. The average molecular weight is 367 g/mol. The maximum atomic E-state index is 13.6. The topological polar surface area (TPSA) is 42.7 Å². The molecule has 4 nitrogen and oxygen atoms in total. The quantitative estimate of drug-likeness (QED) is 0.612. The van der Waals surface area contributed by atoms with E-state index in [0.29, 0.717) is 13.1 Å². The van der Waals surface area contributed by atoms with Crippen LogP contribution in [0, 0.1) is 0 Å². The van der Waals surface area contributed by atoms with Crippen LogP contribution >= 0.6 is 11.3 Å². The third-order valence-electron chi connectivity index (χ3n) is 4.95. The Morgan fingerprint density at radius 2 is 2.04 bits per heavy atom.